The third-order valence-corrected chi connectivity index (χ3v) is 7.81. The van der Waals surface area contributed by atoms with Crippen molar-refractivity contribution in [3.8, 4) is 0 Å². The Labute approximate surface area is 400 Å². The predicted molar refractivity (Wildman–Crippen MR) is 226 cm³/mol. The first-order chi connectivity index (χ1) is 23.9. The van der Waals surface area contributed by atoms with Crippen molar-refractivity contribution in [2.75, 3.05) is 0 Å². The Bertz CT molecular complexity index is 1690. The molecule has 0 saturated carbocycles. The summed E-state index contributed by atoms with van der Waals surface area (Å²) in [6.07, 6.45) is 3.81. The molecule has 54 heavy (non-hydrogen) atoms. The van der Waals surface area contributed by atoms with Crippen LogP contribution in [0.15, 0.2) is 119 Å². The van der Waals surface area contributed by atoms with Crippen molar-refractivity contribution in [1.82, 2.24) is 0 Å². The summed E-state index contributed by atoms with van der Waals surface area (Å²) >= 11 is 15.0. The van der Waals surface area contributed by atoms with Gasteiger partial charge in [-0.2, -0.15) is 0 Å². The fourth-order valence-electron chi connectivity index (χ4n) is 4.08. The van der Waals surface area contributed by atoms with E-state index in [9.17, 15) is 9.59 Å². The summed E-state index contributed by atoms with van der Waals surface area (Å²) in [5, 5.41) is 2.29. The molecule has 1 N–H and O–H groups in total. The van der Waals surface area contributed by atoms with Crippen LogP contribution in [-0.2, 0) is 30.8 Å². The summed E-state index contributed by atoms with van der Waals surface area (Å²) in [4.78, 5) is 33.2. The van der Waals surface area contributed by atoms with Crippen LogP contribution in [0.4, 0.5) is 0 Å². The molecule has 2 atom stereocenters. The number of esters is 2. The van der Waals surface area contributed by atoms with Crippen LogP contribution in [0.5, 0.6) is 0 Å². The van der Waals surface area contributed by atoms with Crippen LogP contribution >= 0.6 is 39.1 Å². The largest absolute Gasteiger partial charge is 1.00 e. The van der Waals surface area contributed by atoms with Crippen LogP contribution in [0.1, 0.15) is 85.1 Å². The van der Waals surface area contributed by atoms with Crippen LogP contribution < -0.4 is 68.9 Å². The van der Waals surface area contributed by atoms with Gasteiger partial charge in [-0.3, -0.25) is 9.98 Å². The molecule has 0 saturated heterocycles. The summed E-state index contributed by atoms with van der Waals surface area (Å²) in [6.45, 7) is 14.6. The minimum atomic E-state index is -1.01. The number of nitrogens with zero attached hydrogens (tertiary/aromatic N) is 2. The van der Waals surface area contributed by atoms with Crippen LogP contribution in [-0.4, -0.2) is 52.6 Å². The summed E-state index contributed by atoms with van der Waals surface area (Å²) < 4.78 is 10.8. The van der Waals surface area contributed by atoms with E-state index in [4.69, 9.17) is 32.7 Å². The average Bonchev–Trinajstić information content (AvgIpc) is 3.07. The maximum Gasteiger partial charge on any atom is 1.00 e. The smallest absolute Gasteiger partial charge is 0.870 e. The number of aliphatic imine (C=N–C) groups is 2. The molecule has 0 aliphatic rings. The van der Waals surface area contributed by atoms with E-state index in [1.54, 1.807) is 50.5 Å². The number of carbonyl (C=O) groups is 2. The first-order valence-electron chi connectivity index (χ1n) is 16.6. The Balaban J connectivity index is 0. The van der Waals surface area contributed by atoms with Crippen molar-refractivity contribution in [2.45, 2.75) is 97.4 Å². The number of carbonyl (C=O) groups excluding carboxylic acids is 2. The zero-order chi connectivity index (χ0) is 38.1. The van der Waals surface area contributed by atoms with E-state index in [2.05, 4.69) is 38.0 Å². The van der Waals surface area contributed by atoms with Crippen molar-refractivity contribution >= 4 is 63.5 Å². The topological polar surface area (TPSA) is 107 Å². The van der Waals surface area contributed by atoms with Crippen LogP contribution in [0.25, 0.3) is 0 Å². The number of hydrogen-bond acceptors (Lipinski definition) is 7. The van der Waals surface area contributed by atoms with Gasteiger partial charge >= 0.3 is 80.8 Å². The molecule has 288 valence electrons. The molecule has 0 fully saturated rings. The van der Waals surface area contributed by atoms with E-state index in [0.29, 0.717) is 16.5 Å². The number of benzene rings is 4. The van der Waals surface area contributed by atoms with Crippen molar-refractivity contribution in [2.24, 2.45) is 9.98 Å². The zero-order valence-corrected chi connectivity index (χ0v) is 41.5. The van der Waals surface area contributed by atoms with Gasteiger partial charge < -0.3 is 14.9 Å². The van der Waals surface area contributed by atoms with Crippen LogP contribution in [0.2, 0.25) is 10.0 Å². The summed E-state index contributed by atoms with van der Waals surface area (Å²) in [5.41, 5.74) is 2.08. The summed E-state index contributed by atoms with van der Waals surface area (Å²) in [7, 11) is 0. The second-order valence-corrected chi connectivity index (χ2v) is 15.3. The maximum absolute atomic E-state index is 12.8. The third kappa shape index (κ3) is 23.3. The molecule has 2 unspecified atom stereocenters. The van der Waals surface area contributed by atoms with E-state index >= 15 is 0 Å². The van der Waals surface area contributed by atoms with Crippen LogP contribution in [0.3, 0.4) is 0 Å². The first-order valence-corrected chi connectivity index (χ1v) is 18.5. The summed E-state index contributed by atoms with van der Waals surface area (Å²) in [5.74, 6) is -0.665. The Hall–Kier alpha value is -1.77. The minimum Gasteiger partial charge on any atom is -0.870 e. The number of halogens is 3. The number of ether oxygens (including phenoxy) is 2. The van der Waals surface area contributed by atoms with Crippen LogP contribution in [0, 0.1) is 0 Å². The summed E-state index contributed by atoms with van der Waals surface area (Å²) in [6, 6.07) is 34.2. The molecule has 7 nitrogen and oxygen atoms in total. The second kappa shape index (κ2) is 27.0. The Kier molecular flexibility index (Phi) is 27.1. The molecule has 11 heteroatoms. The van der Waals surface area contributed by atoms with Crippen molar-refractivity contribution in [3.05, 3.63) is 141 Å². The Morgan fingerprint density at radius 2 is 1.09 bits per heavy atom. The van der Waals surface area contributed by atoms with Gasteiger partial charge in [0, 0.05) is 34.2 Å². The molecule has 4 aromatic carbocycles. The molecule has 0 aliphatic heterocycles. The van der Waals surface area contributed by atoms with Gasteiger partial charge in [-0.05, 0) is 102 Å². The molecule has 0 amide bonds. The van der Waals surface area contributed by atoms with Gasteiger partial charge in [0.15, 0.2) is 5.54 Å². The van der Waals surface area contributed by atoms with Gasteiger partial charge in [0.05, 0.1) is 0 Å². The van der Waals surface area contributed by atoms with E-state index in [1.165, 1.54) is 5.56 Å². The number of rotatable bonds is 9. The monoisotopic (exact) mass is 960 g/mol. The SMILES string of the molecule is BrCc1ccccc1.C.CC(C)(C)OC(=O)C(C)(Cc1ccccc1)N=Cc1ccc(Cl)cc1.CC(N=Cc1ccc(Cl)cc1)C(=O)OC(C)(C)C.[Cs+].[OH-]. The average molecular weight is 963 g/mol. The maximum atomic E-state index is 12.8. The van der Waals surface area contributed by atoms with Gasteiger partial charge in [-0.15, -0.1) is 0 Å². The molecule has 0 spiro atoms. The Morgan fingerprint density at radius 1 is 0.685 bits per heavy atom. The van der Waals surface area contributed by atoms with E-state index in [-0.39, 0.29) is 93.7 Å². The van der Waals surface area contributed by atoms with Gasteiger partial charge in [0.1, 0.15) is 17.2 Å². The quantitative estimate of drug-likeness (QED) is 0.0950. The molecular formula is C43H54BrCl2CsN2O5. The fourth-order valence-corrected chi connectivity index (χ4v) is 4.71. The number of hydrogen-bond donors (Lipinski definition) is 0. The third-order valence-electron chi connectivity index (χ3n) is 6.66. The Morgan fingerprint density at radius 3 is 1.48 bits per heavy atom. The molecule has 0 aromatic heterocycles. The molecule has 0 radical (unpaired) electrons. The predicted octanol–water partition coefficient (Wildman–Crippen LogP) is 8.64. The van der Waals surface area contributed by atoms with Crippen molar-refractivity contribution in [3.63, 3.8) is 0 Å². The molecular weight excluding hydrogens is 908 g/mol. The van der Waals surface area contributed by atoms with E-state index in [0.717, 1.165) is 22.0 Å². The second-order valence-electron chi connectivity index (χ2n) is 13.9. The van der Waals surface area contributed by atoms with E-state index < -0.39 is 22.8 Å². The van der Waals surface area contributed by atoms with Gasteiger partial charge in [-0.1, -0.05) is 131 Å². The number of alkyl halides is 1. The molecule has 4 rings (SSSR count). The van der Waals surface area contributed by atoms with E-state index in [1.807, 2.05) is 114 Å². The molecule has 0 heterocycles. The first kappa shape index (κ1) is 54.3. The van der Waals surface area contributed by atoms with Gasteiger partial charge in [0.25, 0.3) is 0 Å². The standard InChI is InChI=1S/C21H24ClNO2.C14H18ClNO2.C7H7Br.CH4.Cs.H2O/c1-20(2,3)25-19(24)21(4,14-16-8-6-5-7-9-16)23-15-17-10-12-18(22)13-11-17;1-10(13(17)18-14(2,3)4)16-9-11-5-7-12(15)8-6-11;8-6-7-4-2-1-3-5-7;;;/h5-13,15H,14H2,1-4H3;5-10H,1-4H3;1-5H,6H2;1H4;;1H2/q;;;;+1;/p-1. The van der Waals surface area contributed by atoms with Crippen molar-refractivity contribution in [1.29, 1.82) is 0 Å². The normalized spacial score (nSPS) is 12.5. The zero-order valence-electron chi connectivity index (χ0n) is 32.1. The minimum absolute atomic E-state index is 0. The molecule has 4 aromatic rings. The molecule has 0 aliphatic carbocycles. The van der Waals surface area contributed by atoms with Gasteiger partial charge in [0.2, 0.25) is 0 Å². The molecule has 0 bridgehead atoms. The fraction of sp³-hybridized carbons (Fsp3) is 0.349. The van der Waals surface area contributed by atoms with Gasteiger partial charge in [-0.25, -0.2) is 9.59 Å². The van der Waals surface area contributed by atoms with Crippen molar-refractivity contribution < 1.29 is 93.4 Å².